The number of rotatable bonds is 2. The van der Waals surface area contributed by atoms with Gasteiger partial charge in [0.2, 0.25) is 0 Å². The van der Waals surface area contributed by atoms with E-state index in [-0.39, 0.29) is 0 Å². The molecule has 1 aromatic heterocycles. The monoisotopic (exact) mass is 186 g/mol. The van der Waals surface area contributed by atoms with Crippen LogP contribution < -0.4 is 11.4 Å². The maximum Gasteiger partial charge on any atom is 0.365 e. The third-order valence-electron chi connectivity index (χ3n) is 1.79. The Bertz CT molecular complexity index is 422. The van der Waals surface area contributed by atoms with E-state index in [0.717, 1.165) is 6.21 Å². The average Bonchev–Trinajstić information content (AvgIpc) is 2.72. The first-order valence-corrected chi connectivity index (χ1v) is 3.75. The van der Waals surface area contributed by atoms with Crippen LogP contribution in [0.15, 0.2) is 14.7 Å². The van der Waals surface area contributed by atoms with E-state index >= 15 is 0 Å². The second-order valence-electron chi connectivity index (χ2n) is 2.95. The first-order chi connectivity index (χ1) is 6.11. The van der Waals surface area contributed by atoms with Gasteiger partial charge < -0.3 is 0 Å². The Hall–Kier alpha value is -1.66. The summed E-state index contributed by atoms with van der Waals surface area (Å²) in [5.41, 5.74) is -2.82. The first kappa shape index (κ1) is 7.96. The third-order valence-corrected chi connectivity index (χ3v) is 1.79. The van der Waals surface area contributed by atoms with Gasteiger partial charge in [-0.2, -0.15) is 5.10 Å². The highest BCUT2D eigenvalue weighted by Gasteiger charge is 2.41. The molecule has 0 radical (unpaired) electrons. The van der Waals surface area contributed by atoms with Gasteiger partial charge in [0.05, 0.1) is 6.21 Å². The molecule has 0 unspecified atom stereocenters. The standard InChI is InChI=1S/C6H7FN4O2/c7-6(1-2-6)3-8-11-4(12)9-10-5(11)13/h3H,1-2H2,(H,9,12)(H,10,13)/b8-3+. The van der Waals surface area contributed by atoms with Gasteiger partial charge in [-0.05, 0) is 12.8 Å². The van der Waals surface area contributed by atoms with Crippen LogP contribution in [0.5, 0.6) is 0 Å². The third kappa shape index (κ3) is 1.44. The number of nitrogens with zero attached hydrogens (tertiary/aromatic N) is 2. The van der Waals surface area contributed by atoms with Gasteiger partial charge in [0.25, 0.3) is 0 Å². The van der Waals surface area contributed by atoms with Crippen molar-refractivity contribution in [2.24, 2.45) is 5.10 Å². The molecular weight excluding hydrogens is 179 g/mol. The van der Waals surface area contributed by atoms with E-state index in [1.165, 1.54) is 0 Å². The lowest BCUT2D eigenvalue weighted by Crippen LogP contribution is -2.23. The Morgan fingerprint density at radius 3 is 2.38 bits per heavy atom. The minimum Gasteiger partial charge on any atom is -0.246 e. The number of halogens is 1. The number of hydrogen-bond acceptors (Lipinski definition) is 3. The van der Waals surface area contributed by atoms with Gasteiger partial charge in [0.15, 0.2) is 0 Å². The van der Waals surface area contributed by atoms with Crippen molar-refractivity contribution in [3.8, 4) is 0 Å². The molecule has 0 amide bonds. The summed E-state index contributed by atoms with van der Waals surface area (Å²) in [5, 5.41) is 7.48. The number of hydrogen-bond donors (Lipinski definition) is 2. The van der Waals surface area contributed by atoms with Gasteiger partial charge in [-0.3, -0.25) is 0 Å². The van der Waals surface area contributed by atoms with E-state index in [2.05, 4.69) is 5.10 Å². The number of H-pyrrole nitrogens is 2. The maximum atomic E-state index is 13.0. The van der Waals surface area contributed by atoms with Gasteiger partial charge >= 0.3 is 11.4 Å². The fourth-order valence-corrected chi connectivity index (χ4v) is 0.820. The van der Waals surface area contributed by atoms with E-state index in [1.54, 1.807) is 0 Å². The summed E-state index contributed by atoms with van der Waals surface area (Å²) in [6.45, 7) is 0. The van der Waals surface area contributed by atoms with Crippen molar-refractivity contribution in [1.29, 1.82) is 0 Å². The van der Waals surface area contributed by atoms with E-state index < -0.39 is 17.0 Å². The molecule has 0 bridgehead atoms. The van der Waals surface area contributed by atoms with Crippen LogP contribution in [-0.2, 0) is 0 Å². The van der Waals surface area contributed by atoms with Crippen molar-refractivity contribution in [1.82, 2.24) is 14.9 Å². The summed E-state index contributed by atoms with van der Waals surface area (Å²) >= 11 is 0. The van der Waals surface area contributed by atoms with Crippen LogP contribution in [0.25, 0.3) is 0 Å². The Morgan fingerprint density at radius 2 is 1.92 bits per heavy atom. The molecule has 0 aromatic carbocycles. The van der Waals surface area contributed by atoms with Crippen LogP contribution in [0.2, 0.25) is 0 Å². The SMILES string of the molecule is O=c1[nH][nH]c(=O)n1/N=C/C1(F)CC1. The zero-order chi connectivity index (χ0) is 9.47. The van der Waals surface area contributed by atoms with Gasteiger partial charge in [-0.15, -0.1) is 4.68 Å². The minimum atomic E-state index is -1.41. The van der Waals surface area contributed by atoms with Crippen LogP contribution in [0, 0.1) is 0 Å². The van der Waals surface area contributed by atoms with Crippen molar-refractivity contribution in [2.45, 2.75) is 18.5 Å². The summed E-state index contributed by atoms with van der Waals surface area (Å²) in [6, 6.07) is 0. The minimum absolute atomic E-state index is 0.396. The van der Waals surface area contributed by atoms with Crippen molar-refractivity contribution in [2.75, 3.05) is 0 Å². The van der Waals surface area contributed by atoms with E-state index in [0.29, 0.717) is 17.5 Å². The summed E-state index contributed by atoms with van der Waals surface area (Å²) in [7, 11) is 0. The van der Waals surface area contributed by atoms with E-state index in [4.69, 9.17) is 0 Å². The largest absolute Gasteiger partial charge is 0.365 e. The number of aromatic amines is 2. The van der Waals surface area contributed by atoms with Crippen molar-refractivity contribution < 1.29 is 4.39 Å². The van der Waals surface area contributed by atoms with Crippen LogP contribution in [-0.4, -0.2) is 26.8 Å². The second kappa shape index (κ2) is 2.41. The molecule has 2 N–H and O–H groups in total. The van der Waals surface area contributed by atoms with Crippen molar-refractivity contribution in [3.05, 3.63) is 21.0 Å². The Labute approximate surface area is 71.1 Å². The Kier molecular flexibility index (Phi) is 1.48. The molecule has 0 atom stereocenters. The molecule has 2 rings (SSSR count). The van der Waals surface area contributed by atoms with Crippen LogP contribution in [0.4, 0.5) is 4.39 Å². The number of alkyl halides is 1. The highest BCUT2D eigenvalue weighted by Crippen LogP contribution is 2.37. The van der Waals surface area contributed by atoms with Crippen LogP contribution >= 0.6 is 0 Å². The second-order valence-corrected chi connectivity index (χ2v) is 2.95. The lowest BCUT2D eigenvalue weighted by atomic mass is 10.4. The molecule has 1 aromatic rings. The smallest absolute Gasteiger partial charge is 0.246 e. The molecule has 0 spiro atoms. The molecule has 13 heavy (non-hydrogen) atoms. The van der Waals surface area contributed by atoms with Gasteiger partial charge in [-0.25, -0.2) is 24.2 Å². The van der Waals surface area contributed by atoms with Crippen LogP contribution in [0.1, 0.15) is 12.8 Å². The van der Waals surface area contributed by atoms with Gasteiger partial charge in [0.1, 0.15) is 5.67 Å². The van der Waals surface area contributed by atoms with Crippen molar-refractivity contribution >= 4 is 6.21 Å². The van der Waals surface area contributed by atoms with E-state index in [9.17, 15) is 14.0 Å². The quantitative estimate of drug-likeness (QED) is 0.593. The molecular formula is C6H7FN4O2. The Balaban J connectivity index is 2.32. The molecule has 1 heterocycles. The molecule has 7 heteroatoms. The lowest BCUT2D eigenvalue weighted by molar-refractivity contribution is 0.412. The maximum absolute atomic E-state index is 13.0. The highest BCUT2D eigenvalue weighted by molar-refractivity contribution is 5.72. The highest BCUT2D eigenvalue weighted by atomic mass is 19.1. The molecule has 1 fully saturated rings. The number of nitrogens with one attached hydrogen (secondary N) is 2. The zero-order valence-corrected chi connectivity index (χ0v) is 6.58. The first-order valence-electron chi connectivity index (χ1n) is 3.75. The van der Waals surface area contributed by atoms with Gasteiger partial charge in [0, 0.05) is 0 Å². The van der Waals surface area contributed by atoms with Crippen LogP contribution in [0.3, 0.4) is 0 Å². The predicted octanol–water partition coefficient (Wildman–Crippen LogP) is -0.799. The molecule has 6 nitrogen and oxygen atoms in total. The average molecular weight is 186 g/mol. The summed E-state index contributed by atoms with van der Waals surface area (Å²) < 4.78 is 13.5. The fourth-order valence-electron chi connectivity index (χ4n) is 0.820. The molecule has 1 saturated carbocycles. The predicted molar refractivity (Wildman–Crippen MR) is 42.6 cm³/mol. The molecule has 1 aliphatic carbocycles. The van der Waals surface area contributed by atoms with Crippen molar-refractivity contribution in [3.63, 3.8) is 0 Å². The number of aromatic nitrogens is 3. The molecule has 70 valence electrons. The Morgan fingerprint density at radius 1 is 1.38 bits per heavy atom. The summed E-state index contributed by atoms with van der Waals surface area (Å²) in [4.78, 5) is 21.6. The summed E-state index contributed by atoms with van der Waals surface area (Å²) in [5.74, 6) is 0. The van der Waals surface area contributed by atoms with E-state index in [1.807, 2.05) is 10.2 Å². The summed E-state index contributed by atoms with van der Waals surface area (Å²) in [6.07, 6.45) is 1.78. The zero-order valence-electron chi connectivity index (χ0n) is 6.58. The van der Waals surface area contributed by atoms with Gasteiger partial charge in [-0.1, -0.05) is 0 Å². The normalized spacial score (nSPS) is 19.5. The molecule has 0 aliphatic heterocycles. The molecule has 0 saturated heterocycles. The molecule has 1 aliphatic rings. The lowest BCUT2D eigenvalue weighted by Gasteiger charge is -1.91. The topological polar surface area (TPSA) is 83.0 Å². The fraction of sp³-hybridized carbons (Fsp3) is 0.500.